The lowest BCUT2D eigenvalue weighted by Gasteiger charge is -2.32. The molecule has 1 unspecified atom stereocenters. The van der Waals surface area contributed by atoms with Gasteiger partial charge in [0.15, 0.2) is 0 Å². The van der Waals surface area contributed by atoms with Gasteiger partial charge in [-0.2, -0.15) is 4.31 Å². The van der Waals surface area contributed by atoms with Gasteiger partial charge in [0.1, 0.15) is 4.90 Å². The fourth-order valence-electron chi connectivity index (χ4n) is 2.28. The summed E-state index contributed by atoms with van der Waals surface area (Å²) in [5, 5.41) is 9.54. The van der Waals surface area contributed by atoms with Crippen molar-refractivity contribution in [2.24, 2.45) is 5.92 Å². The van der Waals surface area contributed by atoms with Crippen molar-refractivity contribution >= 4 is 26.0 Å². The molecule has 5 nitrogen and oxygen atoms in total. The van der Waals surface area contributed by atoms with Crippen molar-refractivity contribution in [2.45, 2.75) is 30.8 Å². The molecule has 1 aromatic rings. The van der Waals surface area contributed by atoms with Crippen LogP contribution in [0, 0.1) is 5.92 Å². The number of aliphatic hydroxyl groups is 1. The summed E-state index contributed by atoms with van der Waals surface area (Å²) in [4.78, 5) is 4.10. The number of nitrogens with zero attached hydrogens (tertiary/aromatic N) is 2. The van der Waals surface area contributed by atoms with E-state index in [-0.39, 0.29) is 16.9 Å². The van der Waals surface area contributed by atoms with Gasteiger partial charge in [-0.3, -0.25) is 4.98 Å². The van der Waals surface area contributed by atoms with Crippen LogP contribution in [0.2, 0.25) is 0 Å². The summed E-state index contributed by atoms with van der Waals surface area (Å²) >= 11 is 3.23. The van der Waals surface area contributed by atoms with E-state index in [1.165, 1.54) is 10.5 Å². The maximum absolute atomic E-state index is 12.4. The second-order valence-corrected chi connectivity index (χ2v) is 7.67. The first-order chi connectivity index (χ1) is 8.91. The fraction of sp³-hybridized carbons (Fsp3) is 0.583. The molecular weight excluding hydrogens is 332 g/mol. The zero-order valence-corrected chi connectivity index (χ0v) is 13.1. The average molecular weight is 349 g/mol. The quantitative estimate of drug-likeness (QED) is 0.900. The van der Waals surface area contributed by atoms with E-state index in [0.29, 0.717) is 30.4 Å². The first kappa shape index (κ1) is 14.9. The molecule has 0 aliphatic carbocycles. The van der Waals surface area contributed by atoms with E-state index in [9.17, 15) is 13.5 Å². The fourth-order valence-corrected chi connectivity index (χ4v) is 4.26. The van der Waals surface area contributed by atoms with Gasteiger partial charge in [-0.1, -0.05) is 0 Å². The second kappa shape index (κ2) is 5.87. The van der Waals surface area contributed by atoms with Crippen LogP contribution in [0.15, 0.2) is 27.8 Å². The Balaban J connectivity index is 2.14. The Kier molecular flexibility index (Phi) is 4.60. The Morgan fingerprint density at radius 3 is 2.58 bits per heavy atom. The maximum atomic E-state index is 12.4. The van der Waals surface area contributed by atoms with Crippen molar-refractivity contribution in [1.82, 2.24) is 9.29 Å². The minimum atomic E-state index is -3.47. The first-order valence-corrected chi connectivity index (χ1v) is 8.43. The molecule has 1 aromatic heterocycles. The number of piperidine rings is 1. The zero-order valence-electron chi connectivity index (χ0n) is 10.7. The van der Waals surface area contributed by atoms with Crippen molar-refractivity contribution in [3.8, 4) is 0 Å². The van der Waals surface area contributed by atoms with Crippen LogP contribution in [0.3, 0.4) is 0 Å². The summed E-state index contributed by atoms with van der Waals surface area (Å²) in [5.74, 6) is 0.187. The van der Waals surface area contributed by atoms with Crippen LogP contribution in [0.4, 0.5) is 0 Å². The van der Waals surface area contributed by atoms with Crippen LogP contribution in [0.1, 0.15) is 19.8 Å². The second-order valence-electron chi connectivity index (χ2n) is 4.82. The van der Waals surface area contributed by atoms with E-state index in [1.807, 2.05) is 0 Å². The van der Waals surface area contributed by atoms with Gasteiger partial charge in [0, 0.05) is 30.0 Å². The van der Waals surface area contributed by atoms with Crippen molar-refractivity contribution in [2.75, 3.05) is 13.1 Å². The van der Waals surface area contributed by atoms with Gasteiger partial charge in [0.05, 0.1) is 6.10 Å². The van der Waals surface area contributed by atoms with Crippen LogP contribution < -0.4 is 0 Å². The van der Waals surface area contributed by atoms with Crippen molar-refractivity contribution in [3.63, 3.8) is 0 Å². The van der Waals surface area contributed by atoms with Gasteiger partial charge >= 0.3 is 0 Å². The predicted molar refractivity (Wildman–Crippen MR) is 75.1 cm³/mol. The van der Waals surface area contributed by atoms with Gasteiger partial charge in [0.2, 0.25) is 10.0 Å². The van der Waals surface area contributed by atoms with Crippen LogP contribution in [-0.4, -0.2) is 42.0 Å². The first-order valence-electron chi connectivity index (χ1n) is 6.20. The monoisotopic (exact) mass is 348 g/mol. The number of halogens is 1. The minimum Gasteiger partial charge on any atom is -0.393 e. The van der Waals surface area contributed by atoms with Gasteiger partial charge in [0.25, 0.3) is 0 Å². The third-order valence-corrected chi connectivity index (χ3v) is 5.80. The molecule has 7 heteroatoms. The number of hydrogen-bond acceptors (Lipinski definition) is 4. The molecule has 0 spiro atoms. The third kappa shape index (κ3) is 3.34. The Bertz CT molecular complexity index is 540. The third-order valence-electron chi connectivity index (χ3n) is 3.50. The summed E-state index contributed by atoms with van der Waals surface area (Å²) in [6, 6.07) is 1.56. The van der Waals surface area contributed by atoms with E-state index in [0.717, 1.165) is 0 Å². The van der Waals surface area contributed by atoms with Crippen molar-refractivity contribution in [1.29, 1.82) is 0 Å². The lowest BCUT2D eigenvalue weighted by Crippen LogP contribution is -2.40. The van der Waals surface area contributed by atoms with Crippen molar-refractivity contribution in [3.05, 3.63) is 22.9 Å². The lowest BCUT2D eigenvalue weighted by molar-refractivity contribution is 0.0912. The van der Waals surface area contributed by atoms with Gasteiger partial charge in [-0.05, 0) is 47.7 Å². The highest BCUT2D eigenvalue weighted by Crippen LogP contribution is 2.26. The molecule has 0 saturated carbocycles. The molecule has 1 fully saturated rings. The predicted octanol–water partition coefficient (Wildman–Crippen LogP) is 1.63. The van der Waals surface area contributed by atoms with Crippen LogP contribution in [-0.2, 0) is 10.0 Å². The molecule has 2 heterocycles. The highest BCUT2D eigenvalue weighted by atomic mass is 79.9. The Morgan fingerprint density at radius 1 is 1.42 bits per heavy atom. The number of rotatable bonds is 3. The van der Waals surface area contributed by atoms with Crippen LogP contribution in [0.5, 0.6) is 0 Å². The normalized spacial score (nSPS) is 20.4. The van der Waals surface area contributed by atoms with E-state index >= 15 is 0 Å². The van der Waals surface area contributed by atoms with Gasteiger partial charge < -0.3 is 5.11 Å². The summed E-state index contributed by atoms with van der Waals surface area (Å²) in [5.41, 5.74) is 0. The number of pyridine rings is 1. The highest BCUT2D eigenvalue weighted by Gasteiger charge is 2.31. The average Bonchev–Trinajstić information content (AvgIpc) is 2.39. The minimum absolute atomic E-state index is 0.187. The van der Waals surface area contributed by atoms with E-state index < -0.39 is 10.0 Å². The van der Waals surface area contributed by atoms with E-state index in [4.69, 9.17) is 0 Å². The lowest BCUT2D eigenvalue weighted by atomic mass is 9.93. The largest absolute Gasteiger partial charge is 0.393 e. The molecule has 2 rings (SSSR count). The number of aliphatic hydroxyl groups excluding tert-OH is 1. The van der Waals surface area contributed by atoms with E-state index in [2.05, 4.69) is 20.9 Å². The molecular formula is C12H17BrN2O3S. The molecule has 19 heavy (non-hydrogen) atoms. The number of hydrogen-bond donors (Lipinski definition) is 1. The maximum Gasteiger partial charge on any atom is 0.244 e. The van der Waals surface area contributed by atoms with Crippen LogP contribution >= 0.6 is 15.9 Å². The topological polar surface area (TPSA) is 70.5 Å². The summed E-state index contributed by atoms with van der Waals surface area (Å²) in [7, 11) is -3.47. The van der Waals surface area contributed by atoms with Crippen molar-refractivity contribution < 1.29 is 13.5 Å². The SMILES string of the molecule is CC(O)C1CCN(S(=O)(=O)c2cncc(Br)c2)CC1. The standard InChI is InChI=1S/C12H17BrN2O3S/c1-9(16)10-2-4-15(5-3-10)19(17,18)12-6-11(13)7-14-8-12/h6-10,16H,2-5H2,1H3. The molecule has 1 saturated heterocycles. The highest BCUT2D eigenvalue weighted by molar-refractivity contribution is 9.10. The Labute approximate surface area is 121 Å². The molecule has 0 aromatic carbocycles. The molecule has 0 amide bonds. The van der Waals surface area contributed by atoms with Gasteiger partial charge in [-0.25, -0.2) is 8.42 Å². The molecule has 0 radical (unpaired) electrons. The molecule has 1 atom stereocenters. The summed E-state index contributed by atoms with van der Waals surface area (Å²) < 4.78 is 27.0. The molecule has 1 aliphatic heterocycles. The van der Waals surface area contributed by atoms with Gasteiger partial charge in [-0.15, -0.1) is 0 Å². The summed E-state index contributed by atoms with van der Waals surface area (Å²) in [6.07, 6.45) is 3.92. The van der Waals surface area contributed by atoms with E-state index in [1.54, 1.807) is 19.2 Å². The molecule has 106 valence electrons. The summed E-state index contributed by atoms with van der Waals surface area (Å²) in [6.45, 7) is 2.65. The Morgan fingerprint density at radius 2 is 2.05 bits per heavy atom. The Hall–Kier alpha value is -0.500. The molecule has 1 N–H and O–H groups in total. The number of sulfonamides is 1. The number of aromatic nitrogens is 1. The molecule has 0 bridgehead atoms. The van der Waals surface area contributed by atoms with Crippen LogP contribution in [0.25, 0.3) is 0 Å². The molecule has 1 aliphatic rings. The smallest absolute Gasteiger partial charge is 0.244 e. The zero-order chi connectivity index (χ0) is 14.0.